The third-order valence-corrected chi connectivity index (χ3v) is 10.6. The first-order valence-corrected chi connectivity index (χ1v) is 11.9. The number of hydrogen-bond acceptors (Lipinski definition) is 4. The Morgan fingerprint density at radius 1 is 1.03 bits per heavy atom. The zero-order valence-corrected chi connectivity index (χ0v) is 18.6. The van der Waals surface area contributed by atoms with Crippen molar-refractivity contribution in [3.05, 3.63) is 60.7 Å². The predicted octanol–water partition coefficient (Wildman–Crippen LogP) is 3.32. The van der Waals surface area contributed by atoms with Crippen LogP contribution in [0.15, 0.2) is 60.7 Å². The van der Waals surface area contributed by atoms with Gasteiger partial charge in [0.15, 0.2) is 0 Å². The summed E-state index contributed by atoms with van der Waals surface area (Å²) in [5, 5.41) is 2.19. The van der Waals surface area contributed by atoms with Crippen molar-refractivity contribution in [2.75, 3.05) is 13.7 Å². The summed E-state index contributed by atoms with van der Waals surface area (Å²) in [5.41, 5.74) is 0. The van der Waals surface area contributed by atoms with Crippen LogP contribution in [0.2, 0.25) is 5.04 Å². The molecule has 1 fully saturated rings. The van der Waals surface area contributed by atoms with E-state index in [0.29, 0.717) is 19.4 Å². The molecule has 6 heteroatoms. The van der Waals surface area contributed by atoms with E-state index in [4.69, 9.17) is 9.16 Å². The Balaban J connectivity index is 2.02. The van der Waals surface area contributed by atoms with Crippen molar-refractivity contribution in [1.82, 2.24) is 4.90 Å². The number of carbonyl (C=O) groups excluding carboxylic acids is 2. The molecular weight excluding hydrogens is 382 g/mol. The molecular formula is C23H29NO4Si. The third-order valence-electron chi connectivity index (χ3n) is 5.61. The SMILES string of the molecule is COC(=O)N1C(=O)CC[C@H]1CO[Si](c1ccccc1)(c1ccccc1)C(C)(C)C. The molecule has 1 atom stereocenters. The second kappa shape index (κ2) is 8.51. The Labute approximate surface area is 173 Å². The Morgan fingerprint density at radius 2 is 1.55 bits per heavy atom. The first-order chi connectivity index (χ1) is 13.8. The molecule has 1 aliphatic heterocycles. The quantitative estimate of drug-likeness (QED) is 0.709. The van der Waals surface area contributed by atoms with E-state index in [1.807, 2.05) is 36.4 Å². The number of hydrogen-bond donors (Lipinski definition) is 0. The van der Waals surface area contributed by atoms with Crippen LogP contribution in [0, 0.1) is 0 Å². The fourth-order valence-corrected chi connectivity index (χ4v) is 8.83. The van der Waals surface area contributed by atoms with Crippen LogP contribution in [0.4, 0.5) is 4.79 Å². The Hall–Kier alpha value is -2.44. The van der Waals surface area contributed by atoms with E-state index in [1.165, 1.54) is 22.4 Å². The summed E-state index contributed by atoms with van der Waals surface area (Å²) in [6, 6.07) is 20.4. The molecule has 2 amide bonds. The minimum atomic E-state index is -2.70. The summed E-state index contributed by atoms with van der Waals surface area (Å²) in [4.78, 5) is 25.6. The van der Waals surface area contributed by atoms with Crippen LogP contribution in [0.3, 0.4) is 0 Å². The van der Waals surface area contributed by atoms with Crippen molar-refractivity contribution in [3.8, 4) is 0 Å². The van der Waals surface area contributed by atoms with E-state index >= 15 is 0 Å². The van der Waals surface area contributed by atoms with Gasteiger partial charge < -0.3 is 9.16 Å². The fraction of sp³-hybridized carbons (Fsp3) is 0.391. The highest BCUT2D eigenvalue weighted by atomic mass is 28.4. The molecule has 5 nitrogen and oxygen atoms in total. The van der Waals surface area contributed by atoms with Crippen molar-refractivity contribution < 1.29 is 18.8 Å². The van der Waals surface area contributed by atoms with E-state index in [-0.39, 0.29) is 17.0 Å². The number of imide groups is 1. The van der Waals surface area contributed by atoms with Crippen LogP contribution >= 0.6 is 0 Å². The third kappa shape index (κ3) is 4.00. The number of amides is 2. The zero-order valence-electron chi connectivity index (χ0n) is 17.6. The molecule has 0 aromatic heterocycles. The summed E-state index contributed by atoms with van der Waals surface area (Å²) < 4.78 is 11.7. The smallest absolute Gasteiger partial charge is 0.416 e. The molecule has 1 aliphatic rings. The normalized spacial score (nSPS) is 17.4. The minimum absolute atomic E-state index is 0.158. The van der Waals surface area contributed by atoms with Gasteiger partial charge in [0.05, 0.1) is 19.8 Å². The molecule has 0 N–H and O–H groups in total. The van der Waals surface area contributed by atoms with Crippen LogP contribution in [0.1, 0.15) is 33.6 Å². The maximum atomic E-state index is 12.2. The van der Waals surface area contributed by atoms with Crippen LogP contribution in [0.5, 0.6) is 0 Å². The number of nitrogens with zero attached hydrogens (tertiary/aromatic N) is 1. The van der Waals surface area contributed by atoms with Crippen molar-refractivity contribution in [2.24, 2.45) is 0 Å². The van der Waals surface area contributed by atoms with Gasteiger partial charge >= 0.3 is 6.09 Å². The van der Waals surface area contributed by atoms with E-state index < -0.39 is 14.4 Å². The zero-order chi connectivity index (χ0) is 21.1. The lowest BCUT2D eigenvalue weighted by atomic mass is 10.2. The molecule has 154 valence electrons. The van der Waals surface area contributed by atoms with Crippen LogP contribution < -0.4 is 10.4 Å². The molecule has 0 radical (unpaired) electrons. The van der Waals surface area contributed by atoms with Crippen molar-refractivity contribution in [1.29, 1.82) is 0 Å². The molecule has 2 aromatic carbocycles. The van der Waals surface area contributed by atoms with Gasteiger partial charge in [-0.05, 0) is 21.8 Å². The highest BCUT2D eigenvalue weighted by Crippen LogP contribution is 2.37. The lowest BCUT2D eigenvalue weighted by Crippen LogP contribution is -2.67. The fourth-order valence-electron chi connectivity index (χ4n) is 4.23. The molecule has 0 aliphatic carbocycles. The number of methoxy groups -OCH3 is 1. The van der Waals surface area contributed by atoms with Gasteiger partial charge in [0.25, 0.3) is 8.32 Å². The van der Waals surface area contributed by atoms with Gasteiger partial charge in [-0.3, -0.25) is 4.79 Å². The van der Waals surface area contributed by atoms with Gasteiger partial charge in [-0.2, -0.15) is 0 Å². The first-order valence-electron chi connectivity index (χ1n) is 9.96. The maximum absolute atomic E-state index is 12.2. The van der Waals surface area contributed by atoms with E-state index in [0.717, 1.165) is 0 Å². The van der Waals surface area contributed by atoms with Gasteiger partial charge in [-0.25, -0.2) is 9.69 Å². The molecule has 0 bridgehead atoms. The van der Waals surface area contributed by atoms with Gasteiger partial charge in [0, 0.05) is 6.42 Å². The lowest BCUT2D eigenvalue weighted by Gasteiger charge is -2.43. The highest BCUT2D eigenvalue weighted by molar-refractivity contribution is 6.99. The van der Waals surface area contributed by atoms with Crippen LogP contribution in [-0.2, 0) is 14.0 Å². The molecule has 0 spiro atoms. The second-order valence-corrected chi connectivity index (χ2v) is 12.7. The Bertz CT molecular complexity index is 809. The molecule has 3 rings (SSSR count). The molecule has 2 aromatic rings. The second-order valence-electron chi connectivity index (χ2n) is 8.40. The standard InChI is InChI=1S/C23H29NO4Si/c1-23(2,3)29(19-11-7-5-8-12-19,20-13-9-6-10-14-20)28-17-18-15-16-21(25)24(18)22(26)27-4/h5-14,18H,15-17H2,1-4H3/t18-/m0/s1. The summed E-state index contributed by atoms with van der Waals surface area (Å²) in [7, 11) is -1.40. The number of carbonyl (C=O) groups is 2. The average molecular weight is 412 g/mol. The monoisotopic (exact) mass is 411 g/mol. The number of likely N-dealkylation sites (tertiary alicyclic amines) is 1. The summed E-state index contributed by atoms with van der Waals surface area (Å²) in [6.07, 6.45) is 0.319. The summed E-state index contributed by atoms with van der Waals surface area (Å²) >= 11 is 0. The van der Waals surface area contributed by atoms with Gasteiger partial charge in [0.2, 0.25) is 5.91 Å². The van der Waals surface area contributed by atoms with Gasteiger partial charge in [-0.15, -0.1) is 0 Å². The highest BCUT2D eigenvalue weighted by Gasteiger charge is 2.51. The topological polar surface area (TPSA) is 55.8 Å². The Morgan fingerprint density at radius 3 is 2.00 bits per heavy atom. The van der Waals surface area contributed by atoms with Crippen molar-refractivity contribution in [3.63, 3.8) is 0 Å². The van der Waals surface area contributed by atoms with Gasteiger partial charge in [-0.1, -0.05) is 81.4 Å². The summed E-state index contributed by atoms with van der Waals surface area (Å²) in [5.74, 6) is -0.201. The largest absolute Gasteiger partial charge is 0.452 e. The predicted molar refractivity (Wildman–Crippen MR) is 116 cm³/mol. The van der Waals surface area contributed by atoms with E-state index in [9.17, 15) is 9.59 Å². The summed E-state index contributed by atoms with van der Waals surface area (Å²) in [6.45, 7) is 6.92. The molecule has 1 heterocycles. The lowest BCUT2D eigenvalue weighted by molar-refractivity contribution is -0.127. The molecule has 1 saturated heterocycles. The first kappa shape index (κ1) is 21.3. The molecule has 29 heavy (non-hydrogen) atoms. The van der Waals surface area contributed by atoms with Crippen LogP contribution in [0.25, 0.3) is 0 Å². The minimum Gasteiger partial charge on any atom is -0.452 e. The van der Waals surface area contributed by atoms with Gasteiger partial charge in [0.1, 0.15) is 0 Å². The molecule has 0 saturated carbocycles. The van der Waals surface area contributed by atoms with E-state index in [1.54, 1.807) is 0 Å². The number of rotatable bonds is 5. The van der Waals surface area contributed by atoms with Crippen molar-refractivity contribution in [2.45, 2.75) is 44.7 Å². The molecule has 0 unspecified atom stereocenters. The van der Waals surface area contributed by atoms with Crippen molar-refractivity contribution >= 4 is 30.7 Å². The van der Waals surface area contributed by atoms with Crippen LogP contribution in [-0.4, -0.2) is 45.0 Å². The average Bonchev–Trinajstić information content (AvgIpc) is 3.09. The number of benzene rings is 2. The Kier molecular flexibility index (Phi) is 6.24. The maximum Gasteiger partial charge on any atom is 0.416 e. The van der Waals surface area contributed by atoms with E-state index in [2.05, 4.69) is 45.0 Å². The number of ether oxygens (including phenoxy) is 1.